The quantitative estimate of drug-likeness (QED) is 0.536. The molecule has 1 aromatic carbocycles. The van der Waals surface area contributed by atoms with Gasteiger partial charge in [0.15, 0.2) is 5.76 Å². The first-order chi connectivity index (χ1) is 8.63. The van der Waals surface area contributed by atoms with Crippen LogP contribution in [-0.4, -0.2) is 13.6 Å². The summed E-state index contributed by atoms with van der Waals surface area (Å²) in [7, 11) is -3.66. The zero-order chi connectivity index (χ0) is 13.0. The van der Waals surface area contributed by atoms with Gasteiger partial charge in [-0.15, -0.1) is 0 Å². The summed E-state index contributed by atoms with van der Waals surface area (Å²) < 4.78 is 31.3. The number of nitrogens with two attached hydrogens (primary N) is 1. The van der Waals surface area contributed by atoms with Crippen LogP contribution in [0.5, 0.6) is 0 Å². The van der Waals surface area contributed by atoms with Crippen LogP contribution < -0.4 is 16.0 Å². The van der Waals surface area contributed by atoms with E-state index in [0.29, 0.717) is 11.4 Å². The highest BCUT2D eigenvalue weighted by molar-refractivity contribution is 7.89. The Morgan fingerprint density at radius 2 is 2.06 bits per heavy atom. The molecule has 2 rings (SSSR count). The zero-order valence-corrected chi connectivity index (χ0v) is 10.1. The van der Waals surface area contributed by atoms with Crippen LogP contribution in [0, 0.1) is 0 Å². The third-order valence-corrected chi connectivity index (χ3v) is 3.72. The van der Waals surface area contributed by atoms with Gasteiger partial charge in [-0.05, 0) is 12.1 Å². The van der Waals surface area contributed by atoms with E-state index >= 15 is 0 Å². The molecule has 0 radical (unpaired) electrons. The molecule has 8 heteroatoms. The maximum Gasteiger partial charge on any atom is 0.243 e. The van der Waals surface area contributed by atoms with Crippen LogP contribution in [0.4, 0.5) is 5.69 Å². The van der Waals surface area contributed by atoms with Crippen molar-refractivity contribution in [1.29, 1.82) is 0 Å². The minimum atomic E-state index is -3.66. The molecule has 0 bridgehead atoms. The molecule has 2 aromatic rings. The number of anilines is 1. The van der Waals surface area contributed by atoms with E-state index < -0.39 is 10.0 Å². The Balaban J connectivity index is 2.20. The molecule has 0 amide bonds. The van der Waals surface area contributed by atoms with Gasteiger partial charge in [-0.2, -0.15) is 0 Å². The van der Waals surface area contributed by atoms with E-state index in [0.717, 1.165) is 0 Å². The highest BCUT2D eigenvalue weighted by Gasteiger charge is 2.17. The fraction of sp³-hybridized carbons (Fsp3) is 0.100. The van der Waals surface area contributed by atoms with Crippen LogP contribution in [0.15, 0.2) is 45.9 Å². The van der Waals surface area contributed by atoms with Crippen molar-refractivity contribution >= 4 is 15.7 Å². The van der Waals surface area contributed by atoms with Gasteiger partial charge < -0.3 is 9.95 Å². The largest absolute Gasteiger partial charge is 0.360 e. The Morgan fingerprint density at radius 1 is 1.28 bits per heavy atom. The summed E-state index contributed by atoms with van der Waals surface area (Å²) in [4.78, 5) is 0.0759. The number of hydrazine groups is 1. The average molecular weight is 268 g/mol. The number of hydrogen-bond donors (Lipinski definition) is 3. The molecule has 0 saturated heterocycles. The maximum absolute atomic E-state index is 12.0. The van der Waals surface area contributed by atoms with E-state index in [-0.39, 0.29) is 11.4 Å². The van der Waals surface area contributed by atoms with E-state index in [9.17, 15) is 8.42 Å². The molecule has 0 saturated carbocycles. The van der Waals surface area contributed by atoms with E-state index in [1.54, 1.807) is 24.3 Å². The maximum atomic E-state index is 12.0. The van der Waals surface area contributed by atoms with Crippen LogP contribution in [-0.2, 0) is 16.6 Å². The molecule has 7 nitrogen and oxygen atoms in total. The average Bonchev–Trinajstić information content (AvgIpc) is 2.89. The summed E-state index contributed by atoms with van der Waals surface area (Å²) in [6.45, 7) is 0.0290. The van der Waals surface area contributed by atoms with Gasteiger partial charge in [0.1, 0.15) is 4.90 Å². The molecular weight excluding hydrogens is 256 g/mol. The molecule has 96 valence electrons. The van der Waals surface area contributed by atoms with Crippen LogP contribution in [0.3, 0.4) is 0 Å². The van der Waals surface area contributed by atoms with E-state index in [4.69, 9.17) is 10.4 Å². The number of rotatable bonds is 5. The van der Waals surface area contributed by atoms with Gasteiger partial charge >= 0.3 is 0 Å². The molecule has 0 fully saturated rings. The zero-order valence-electron chi connectivity index (χ0n) is 9.33. The number of benzene rings is 1. The molecule has 0 aliphatic heterocycles. The third kappa shape index (κ3) is 2.67. The lowest BCUT2D eigenvalue weighted by Crippen LogP contribution is -2.24. The minimum absolute atomic E-state index is 0.0290. The second kappa shape index (κ2) is 5.17. The first kappa shape index (κ1) is 12.6. The molecule has 0 spiro atoms. The van der Waals surface area contributed by atoms with Crippen LogP contribution in [0.2, 0.25) is 0 Å². The van der Waals surface area contributed by atoms with Crippen molar-refractivity contribution in [3.8, 4) is 0 Å². The predicted molar refractivity (Wildman–Crippen MR) is 64.8 cm³/mol. The van der Waals surface area contributed by atoms with Crippen molar-refractivity contribution in [2.45, 2.75) is 11.4 Å². The monoisotopic (exact) mass is 268 g/mol. The highest BCUT2D eigenvalue weighted by Crippen LogP contribution is 2.19. The SMILES string of the molecule is NNc1ccccc1S(=O)(=O)NCc1ccno1. The van der Waals surface area contributed by atoms with Crippen molar-refractivity contribution in [3.05, 3.63) is 42.3 Å². The fourth-order valence-electron chi connectivity index (χ4n) is 1.40. The lowest BCUT2D eigenvalue weighted by atomic mass is 10.3. The third-order valence-electron chi connectivity index (χ3n) is 2.26. The molecule has 1 aromatic heterocycles. The van der Waals surface area contributed by atoms with Crippen molar-refractivity contribution in [1.82, 2.24) is 9.88 Å². The molecule has 4 N–H and O–H groups in total. The Labute approximate surface area is 104 Å². The molecule has 0 atom stereocenters. The van der Waals surface area contributed by atoms with E-state index in [1.807, 2.05) is 0 Å². The van der Waals surface area contributed by atoms with E-state index in [1.165, 1.54) is 12.3 Å². The Hall–Kier alpha value is -1.90. The van der Waals surface area contributed by atoms with Crippen molar-refractivity contribution in [3.63, 3.8) is 0 Å². The minimum Gasteiger partial charge on any atom is -0.360 e. The summed E-state index contributed by atoms with van der Waals surface area (Å²) in [5.41, 5.74) is 2.66. The van der Waals surface area contributed by atoms with Gasteiger partial charge in [-0.25, -0.2) is 13.1 Å². The van der Waals surface area contributed by atoms with Gasteiger partial charge in [-0.1, -0.05) is 17.3 Å². The molecular formula is C10H12N4O3S. The number of nitrogens with one attached hydrogen (secondary N) is 2. The predicted octanol–water partition coefficient (Wildman–Crippen LogP) is 0.439. The molecule has 18 heavy (non-hydrogen) atoms. The van der Waals surface area contributed by atoms with Gasteiger partial charge in [0.2, 0.25) is 10.0 Å². The molecule has 0 unspecified atom stereocenters. The standard InChI is InChI=1S/C10H12N4O3S/c11-14-9-3-1-2-4-10(9)18(15,16)13-7-8-5-6-12-17-8/h1-6,13-14H,7,11H2. The molecule has 0 aliphatic carbocycles. The lowest BCUT2D eigenvalue weighted by Gasteiger charge is -2.09. The van der Waals surface area contributed by atoms with Gasteiger partial charge in [0, 0.05) is 6.07 Å². The van der Waals surface area contributed by atoms with Gasteiger partial charge in [0.25, 0.3) is 0 Å². The second-order valence-electron chi connectivity index (χ2n) is 3.44. The normalized spacial score (nSPS) is 11.4. The topological polar surface area (TPSA) is 110 Å². The van der Waals surface area contributed by atoms with Crippen molar-refractivity contribution in [2.75, 3.05) is 5.43 Å². The number of nitrogen functional groups attached to an aromatic ring is 1. The van der Waals surface area contributed by atoms with Gasteiger partial charge in [-0.3, -0.25) is 5.84 Å². The fourth-order valence-corrected chi connectivity index (χ4v) is 2.56. The van der Waals surface area contributed by atoms with Crippen molar-refractivity contribution < 1.29 is 12.9 Å². The Bertz CT molecular complexity index is 610. The summed E-state index contributed by atoms with van der Waals surface area (Å²) in [5.74, 6) is 5.69. The summed E-state index contributed by atoms with van der Waals surface area (Å²) >= 11 is 0. The molecule has 1 heterocycles. The summed E-state index contributed by atoms with van der Waals surface area (Å²) in [6.07, 6.45) is 1.44. The summed E-state index contributed by atoms with van der Waals surface area (Å²) in [6, 6.07) is 7.91. The number of hydrogen-bond acceptors (Lipinski definition) is 6. The first-order valence-corrected chi connectivity index (χ1v) is 6.56. The highest BCUT2D eigenvalue weighted by atomic mass is 32.2. The number of sulfonamides is 1. The number of para-hydroxylation sites is 1. The number of nitrogens with zero attached hydrogens (tertiary/aromatic N) is 1. The lowest BCUT2D eigenvalue weighted by molar-refractivity contribution is 0.380. The van der Waals surface area contributed by atoms with Gasteiger partial charge in [0.05, 0.1) is 18.4 Å². The van der Waals surface area contributed by atoms with Crippen LogP contribution in [0.1, 0.15) is 5.76 Å². The smallest absolute Gasteiger partial charge is 0.243 e. The van der Waals surface area contributed by atoms with E-state index in [2.05, 4.69) is 15.3 Å². The first-order valence-electron chi connectivity index (χ1n) is 5.08. The Kier molecular flexibility index (Phi) is 3.60. The van der Waals surface area contributed by atoms with Crippen LogP contribution >= 0.6 is 0 Å². The van der Waals surface area contributed by atoms with Crippen molar-refractivity contribution in [2.24, 2.45) is 5.84 Å². The summed E-state index contributed by atoms with van der Waals surface area (Å²) in [5, 5.41) is 3.49. The number of aromatic nitrogens is 1. The second-order valence-corrected chi connectivity index (χ2v) is 5.18. The molecule has 0 aliphatic rings. The Morgan fingerprint density at radius 3 is 2.72 bits per heavy atom. The van der Waals surface area contributed by atoms with Crippen LogP contribution in [0.25, 0.3) is 0 Å².